The van der Waals surface area contributed by atoms with Gasteiger partial charge in [-0.3, -0.25) is 5.10 Å². The minimum absolute atomic E-state index is 0.253. The molecule has 0 saturated carbocycles. The van der Waals surface area contributed by atoms with Gasteiger partial charge in [-0.25, -0.2) is 0 Å². The third kappa shape index (κ3) is 3.56. The van der Waals surface area contributed by atoms with Crippen molar-refractivity contribution in [3.05, 3.63) is 40.4 Å². The smallest absolute Gasteiger partial charge is 0.195 e. The summed E-state index contributed by atoms with van der Waals surface area (Å²) in [7, 11) is 0. The summed E-state index contributed by atoms with van der Waals surface area (Å²) in [6, 6.07) is 8.12. The number of nitrogens with one attached hydrogen (secondary N) is 1. The molecule has 1 saturated heterocycles. The molecule has 22 heavy (non-hydrogen) atoms. The maximum absolute atomic E-state index is 5.70. The van der Waals surface area contributed by atoms with Gasteiger partial charge < -0.3 is 14.0 Å². The zero-order valence-corrected chi connectivity index (χ0v) is 13.6. The van der Waals surface area contributed by atoms with E-state index in [-0.39, 0.29) is 6.10 Å². The Labute approximate surface area is 135 Å². The van der Waals surface area contributed by atoms with Gasteiger partial charge in [0.05, 0.1) is 19.3 Å². The molecule has 5 nitrogen and oxygen atoms in total. The maximum Gasteiger partial charge on any atom is 0.195 e. The van der Waals surface area contributed by atoms with Gasteiger partial charge in [0.1, 0.15) is 11.6 Å². The van der Waals surface area contributed by atoms with Crippen molar-refractivity contribution in [1.29, 1.82) is 0 Å². The first-order valence-corrected chi connectivity index (χ1v) is 8.14. The SMILES string of the molecule is CCOc1ccc(Cc2n[nH]c(=S)n2C[C@@H]2CCCO2)cc1. The van der Waals surface area contributed by atoms with Crippen LogP contribution in [0.5, 0.6) is 5.75 Å². The second-order valence-electron chi connectivity index (χ2n) is 5.44. The molecule has 0 bridgehead atoms. The molecule has 0 unspecified atom stereocenters. The van der Waals surface area contributed by atoms with Crippen molar-refractivity contribution in [1.82, 2.24) is 14.8 Å². The number of aromatic nitrogens is 3. The minimum Gasteiger partial charge on any atom is -0.494 e. The average Bonchev–Trinajstić information content (AvgIpc) is 3.15. The van der Waals surface area contributed by atoms with Gasteiger partial charge in [0.25, 0.3) is 0 Å². The van der Waals surface area contributed by atoms with Crippen LogP contribution >= 0.6 is 12.2 Å². The van der Waals surface area contributed by atoms with Gasteiger partial charge in [-0.15, -0.1) is 0 Å². The van der Waals surface area contributed by atoms with Gasteiger partial charge in [-0.2, -0.15) is 5.10 Å². The quantitative estimate of drug-likeness (QED) is 0.831. The Hall–Kier alpha value is -1.66. The first-order chi connectivity index (χ1) is 10.8. The van der Waals surface area contributed by atoms with E-state index in [0.29, 0.717) is 11.4 Å². The molecule has 0 radical (unpaired) electrons. The molecule has 1 atom stereocenters. The fourth-order valence-electron chi connectivity index (χ4n) is 2.72. The van der Waals surface area contributed by atoms with Crippen LogP contribution in [0.2, 0.25) is 0 Å². The molecule has 1 fully saturated rings. The number of H-pyrrole nitrogens is 1. The monoisotopic (exact) mass is 319 g/mol. The molecule has 1 aromatic carbocycles. The van der Waals surface area contributed by atoms with E-state index in [9.17, 15) is 0 Å². The summed E-state index contributed by atoms with van der Waals surface area (Å²) in [5.41, 5.74) is 1.19. The van der Waals surface area contributed by atoms with E-state index in [2.05, 4.69) is 26.9 Å². The second-order valence-corrected chi connectivity index (χ2v) is 5.83. The van der Waals surface area contributed by atoms with Gasteiger partial charge in [0.15, 0.2) is 4.77 Å². The Kier molecular flexibility index (Phi) is 4.90. The van der Waals surface area contributed by atoms with Crippen molar-refractivity contribution in [3.63, 3.8) is 0 Å². The summed E-state index contributed by atoms with van der Waals surface area (Å²) >= 11 is 5.35. The molecular weight excluding hydrogens is 298 g/mol. The van der Waals surface area contributed by atoms with Crippen molar-refractivity contribution in [3.8, 4) is 5.75 Å². The Morgan fingerprint density at radius 3 is 2.91 bits per heavy atom. The summed E-state index contributed by atoms with van der Waals surface area (Å²) in [4.78, 5) is 0. The van der Waals surface area contributed by atoms with Crippen LogP contribution in [-0.2, 0) is 17.7 Å². The zero-order chi connectivity index (χ0) is 15.4. The Morgan fingerprint density at radius 2 is 2.23 bits per heavy atom. The van der Waals surface area contributed by atoms with E-state index in [0.717, 1.165) is 44.0 Å². The highest BCUT2D eigenvalue weighted by Gasteiger charge is 2.18. The summed E-state index contributed by atoms with van der Waals surface area (Å²) in [6.45, 7) is 4.29. The molecule has 2 heterocycles. The van der Waals surface area contributed by atoms with Gasteiger partial charge in [-0.05, 0) is 49.7 Å². The summed E-state index contributed by atoms with van der Waals surface area (Å²) < 4.78 is 13.9. The first kappa shape index (κ1) is 15.2. The number of nitrogens with zero attached hydrogens (tertiary/aromatic N) is 2. The standard InChI is InChI=1S/C16H21N3O2S/c1-2-20-13-7-5-12(6-8-13)10-15-17-18-16(22)19(15)11-14-4-3-9-21-14/h5-8,14H,2-4,9-11H2,1H3,(H,18,22)/t14-/m0/s1. The molecule has 6 heteroatoms. The van der Waals surface area contributed by atoms with Crippen molar-refractivity contribution in [2.24, 2.45) is 0 Å². The lowest BCUT2D eigenvalue weighted by atomic mass is 10.1. The van der Waals surface area contributed by atoms with E-state index >= 15 is 0 Å². The highest BCUT2D eigenvalue weighted by Crippen LogP contribution is 2.18. The maximum atomic E-state index is 5.70. The average molecular weight is 319 g/mol. The molecule has 1 aliphatic heterocycles. The molecule has 1 N–H and O–H groups in total. The van der Waals surface area contributed by atoms with Gasteiger partial charge in [0, 0.05) is 13.0 Å². The number of rotatable bonds is 6. The van der Waals surface area contributed by atoms with Crippen LogP contribution < -0.4 is 4.74 Å². The molecule has 0 spiro atoms. The number of hydrogen-bond donors (Lipinski definition) is 1. The third-order valence-corrected chi connectivity index (χ3v) is 4.16. The number of ether oxygens (including phenoxy) is 2. The van der Waals surface area contributed by atoms with E-state index in [1.54, 1.807) is 0 Å². The predicted molar refractivity (Wildman–Crippen MR) is 86.8 cm³/mol. The second kappa shape index (κ2) is 7.07. The predicted octanol–water partition coefficient (Wildman–Crippen LogP) is 3.11. The minimum atomic E-state index is 0.253. The van der Waals surface area contributed by atoms with Crippen LogP contribution in [-0.4, -0.2) is 34.1 Å². The van der Waals surface area contributed by atoms with E-state index in [4.69, 9.17) is 21.7 Å². The molecule has 2 aromatic rings. The summed E-state index contributed by atoms with van der Waals surface area (Å²) in [5.74, 6) is 1.84. The number of aromatic amines is 1. The molecule has 0 amide bonds. The molecular formula is C16H21N3O2S. The van der Waals surface area contributed by atoms with E-state index < -0.39 is 0 Å². The van der Waals surface area contributed by atoms with Crippen molar-refractivity contribution < 1.29 is 9.47 Å². The highest BCUT2D eigenvalue weighted by atomic mass is 32.1. The lowest BCUT2D eigenvalue weighted by Gasteiger charge is -2.12. The third-order valence-electron chi connectivity index (χ3n) is 3.84. The normalized spacial score (nSPS) is 17.8. The topological polar surface area (TPSA) is 52.1 Å². The zero-order valence-electron chi connectivity index (χ0n) is 12.7. The molecule has 118 valence electrons. The fourth-order valence-corrected chi connectivity index (χ4v) is 2.94. The van der Waals surface area contributed by atoms with Gasteiger partial charge in [-0.1, -0.05) is 12.1 Å². The van der Waals surface area contributed by atoms with Gasteiger partial charge in [0.2, 0.25) is 0 Å². The lowest BCUT2D eigenvalue weighted by molar-refractivity contribution is 0.0960. The van der Waals surface area contributed by atoms with Crippen molar-refractivity contribution in [2.75, 3.05) is 13.2 Å². The van der Waals surface area contributed by atoms with Crippen LogP contribution in [0.4, 0.5) is 0 Å². The molecule has 0 aliphatic carbocycles. The van der Waals surface area contributed by atoms with Crippen LogP contribution in [0.1, 0.15) is 31.2 Å². The van der Waals surface area contributed by atoms with Crippen LogP contribution in [0.15, 0.2) is 24.3 Å². The largest absolute Gasteiger partial charge is 0.494 e. The van der Waals surface area contributed by atoms with Crippen molar-refractivity contribution >= 4 is 12.2 Å². The molecule has 1 aromatic heterocycles. The summed E-state index contributed by atoms with van der Waals surface area (Å²) in [5, 5.41) is 7.27. The number of benzene rings is 1. The number of hydrogen-bond acceptors (Lipinski definition) is 4. The summed E-state index contributed by atoms with van der Waals surface area (Å²) in [6.07, 6.45) is 3.22. The van der Waals surface area contributed by atoms with Crippen molar-refractivity contribution in [2.45, 2.75) is 38.8 Å². The Balaban J connectivity index is 1.73. The van der Waals surface area contributed by atoms with Gasteiger partial charge >= 0.3 is 0 Å². The first-order valence-electron chi connectivity index (χ1n) is 7.73. The van der Waals surface area contributed by atoms with E-state index in [1.807, 2.05) is 19.1 Å². The van der Waals surface area contributed by atoms with Crippen LogP contribution in [0.3, 0.4) is 0 Å². The fraction of sp³-hybridized carbons (Fsp3) is 0.500. The Bertz CT molecular complexity index is 657. The Morgan fingerprint density at radius 1 is 1.41 bits per heavy atom. The molecule has 1 aliphatic rings. The van der Waals surface area contributed by atoms with Crippen LogP contribution in [0.25, 0.3) is 0 Å². The van der Waals surface area contributed by atoms with E-state index in [1.165, 1.54) is 5.56 Å². The lowest BCUT2D eigenvalue weighted by Crippen LogP contribution is -2.17. The van der Waals surface area contributed by atoms with Crippen LogP contribution in [0, 0.1) is 4.77 Å². The highest BCUT2D eigenvalue weighted by molar-refractivity contribution is 7.71. The molecule has 3 rings (SSSR count).